The maximum absolute atomic E-state index is 4.15. The van der Waals surface area contributed by atoms with Crippen LogP contribution in [0, 0.1) is 0 Å². The van der Waals surface area contributed by atoms with E-state index >= 15 is 0 Å². The van der Waals surface area contributed by atoms with Gasteiger partial charge in [-0.25, -0.2) is 0 Å². The van der Waals surface area contributed by atoms with E-state index in [0.717, 1.165) is 12.1 Å². The summed E-state index contributed by atoms with van der Waals surface area (Å²) in [6.45, 7) is 4.20. The lowest BCUT2D eigenvalue weighted by Crippen LogP contribution is -1.94. The van der Waals surface area contributed by atoms with Gasteiger partial charge in [0.25, 0.3) is 0 Å². The minimum Gasteiger partial charge on any atom is -0.293 e. The van der Waals surface area contributed by atoms with Crippen molar-refractivity contribution in [2.45, 2.75) is 20.3 Å². The Labute approximate surface area is 74.2 Å². The summed E-state index contributed by atoms with van der Waals surface area (Å²) >= 11 is 0. The first-order chi connectivity index (χ1) is 5.77. The van der Waals surface area contributed by atoms with Gasteiger partial charge in [-0.3, -0.25) is 4.99 Å². The molecule has 0 aromatic heterocycles. The highest BCUT2D eigenvalue weighted by molar-refractivity contribution is 5.98. The van der Waals surface area contributed by atoms with Crippen LogP contribution in [0.2, 0.25) is 0 Å². The van der Waals surface area contributed by atoms with Crippen LogP contribution in [0.1, 0.15) is 25.0 Å². The van der Waals surface area contributed by atoms with Crippen LogP contribution in [-0.2, 0) is 6.42 Å². The lowest BCUT2D eigenvalue weighted by Gasteiger charge is -2.01. The zero-order valence-electron chi connectivity index (χ0n) is 7.96. The largest absolute Gasteiger partial charge is 0.293 e. The Balaban J connectivity index is 3.02. The summed E-state index contributed by atoms with van der Waals surface area (Å²) in [4.78, 5) is 4.15. The molecule has 0 N–H and O–H groups in total. The van der Waals surface area contributed by atoms with E-state index < -0.39 is 0 Å². The molecule has 0 aliphatic heterocycles. The maximum Gasteiger partial charge on any atom is 0.0386 e. The lowest BCUT2D eigenvalue weighted by molar-refractivity contribution is 1.14. The van der Waals surface area contributed by atoms with E-state index in [1.807, 2.05) is 14.0 Å². The molecule has 0 radical (unpaired) electrons. The first-order valence-electron chi connectivity index (χ1n) is 4.30. The van der Waals surface area contributed by atoms with Crippen molar-refractivity contribution in [3.05, 3.63) is 35.4 Å². The molecule has 0 saturated heterocycles. The molecule has 0 amide bonds. The average Bonchev–Trinajstić information content (AvgIpc) is 2.17. The van der Waals surface area contributed by atoms with Crippen LogP contribution < -0.4 is 0 Å². The van der Waals surface area contributed by atoms with E-state index in [9.17, 15) is 0 Å². The maximum atomic E-state index is 4.15. The van der Waals surface area contributed by atoms with Crippen molar-refractivity contribution in [3.63, 3.8) is 0 Å². The Morgan fingerprint density at radius 2 is 2.17 bits per heavy atom. The molecule has 0 spiro atoms. The second-order valence-corrected chi connectivity index (χ2v) is 2.86. The van der Waals surface area contributed by atoms with Gasteiger partial charge in [0.2, 0.25) is 0 Å². The minimum absolute atomic E-state index is 1.09. The summed E-state index contributed by atoms with van der Waals surface area (Å²) in [7, 11) is 1.83. The number of rotatable bonds is 2. The predicted octanol–water partition coefficient (Wildman–Crippen LogP) is 2.69. The third-order valence-corrected chi connectivity index (χ3v) is 2.09. The van der Waals surface area contributed by atoms with Crippen molar-refractivity contribution in [2.24, 2.45) is 4.99 Å². The third kappa shape index (κ3) is 1.94. The summed E-state index contributed by atoms with van der Waals surface area (Å²) in [6, 6.07) is 8.53. The van der Waals surface area contributed by atoms with E-state index in [1.165, 1.54) is 11.1 Å². The van der Waals surface area contributed by atoms with E-state index in [0.29, 0.717) is 0 Å². The Kier molecular flexibility index (Phi) is 3.03. The standard InChI is InChI=1S/C11H15N/c1-4-10-6-5-7-11(8-10)9(2)12-3/h5-8H,4H2,1-3H3. The second kappa shape index (κ2) is 4.05. The third-order valence-electron chi connectivity index (χ3n) is 2.09. The molecule has 0 aliphatic rings. The normalized spacial score (nSPS) is 11.8. The Morgan fingerprint density at radius 1 is 1.42 bits per heavy atom. The molecule has 0 saturated carbocycles. The van der Waals surface area contributed by atoms with Gasteiger partial charge >= 0.3 is 0 Å². The smallest absolute Gasteiger partial charge is 0.0386 e. The molecule has 0 unspecified atom stereocenters. The van der Waals surface area contributed by atoms with Crippen molar-refractivity contribution >= 4 is 5.71 Å². The summed E-state index contributed by atoms with van der Waals surface area (Å²) in [5.41, 5.74) is 3.71. The molecule has 0 bridgehead atoms. The number of nitrogens with zero attached hydrogens (tertiary/aromatic N) is 1. The summed E-state index contributed by atoms with van der Waals surface area (Å²) < 4.78 is 0. The Morgan fingerprint density at radius 3 is 2.75 bits per heavy atom. The van der Waals surface area contributed by atoms with Gasteiger partial charge in [0.15, 0.2) is 0 Å². The Bertz CT molecular complexity index is 287. The molecule has 0 fully saturated rings. The van der Waals surface area contributed by atoms with E-state index in [-0.39, 0.29) is 0 Å². The molecule has 1 heteroatoms. The van der Waals surface area contributed by atoms with Crippen LogP contribution >= 0.6 is 0 Å². The van der Waals surface area contributed by atoms with Gasteiger partial charge in [-0.15, -0.1) is 0 Å². The minimum atomic E-state index is 1.09. The molecule has 0 heterocycles. The molecule has 0 atom stereocenters. The van der Waals surface area contributed by atoms with E-state index in [4.69, 9.17) is 0 Å². The lowest BCUT2D eigenvalue weighted by atomic mass is 10.1. The van der Waals surface area contributed by atoms with Crippen LogP contribution in [0.3, 0.4) is 0 Å². The van der Waals surface area contributed by atoms with Gasteiger partial charge in [-0.1, -0.05) is 25.1 Å². The molecule has 1 aromatic rings. The van der Waals surface area contributed by atoms with Crippen molar-refractivity contribution < 1.29 is 0 Å². The number of hydrogen-bond donors (Lipinski definition) is 0. The van der Waals surface area contributed by atoms with Crippen molar-refractivity contribution in [1.82, 2.24) is 0 Å². The molecule has 64 valence electrons. The van der Waals surface area contributed by atoms with Crippen LogP contribution in [0.15, 0.2) is 29.3 Å². The monoisotopic (exact) mass is 161 g/mol. The van der Waals surface area contributed by atoms with Crippen LogP contribution in [0.25, 0.3) is 0 Å². The quantitative estimate of drug-likeness (QED) is 0.591. The van der Waals surface area contributed by atoms with Gasteiger partial charge in [0, 0.05) is 12.8 Å². The molecule has 1 rings (SSSR count). The second-order valence-electron chi connectivity index (χ2n) is 2.86. The molecule has 0 aliphatic carbocycles. The highest BCUT2D eigenvalue weighted by Crippen LogP contribution is 2.06. The van der Waals surface area contributed by atoms with Gasteiger partial charge < -0.3 is 0 Å². The number of benzene rings is 1. The van der Waals surface area contributed by atoms with Crippen LogP contribution in [0.5, 0.6) is 0 Å². The van der Waals surface area contributed by atoms with Crippen LogP contribution in [-0.4, -0.2) is 12.8 Å². The van der Waals surface area contributed by atoms with Gasteiger partial charge in [-0.2, -0.15) is 0 Å². The van der Waals surface area contributed by atoms with Crippen molar-refractivity contribution in [2.75, 3.05) is 7.05 Å². The summed E-state index contributed by atoms with van der Waals surface area (Å²) in [5.74, 6) is 0. The van der Waals surface area contributed by atoms with E-state index in [1.54, 1.807) is 0 Å². The molecular formula is C11H15N. The molecular weight excluding hydrogens is 146 g/mol. The van der Waals surface area contributed by atoms with Crippen LogP contribution in [0.4, 0.5) is 0 Å². The highest BCUT2D eigenvalue weighted by atomic mass is 14.7. The average molecular weight is 161 g/mol. The number of aliphatic imine (C=N–C) groups is 1. The predicted molar refractivity (Wildman–Crippen MR) is 54.0 cm³/mol. The van der Waals surface area contributed by atoms with Crippen molar-refractivity contribution in [3.8, 4) is 0 Å². The number of aryl methyl sites for hydroxylation is 1. The van der Waals surface area contributed by atoms with Gasteiger partial charge in [0.1, 0.15) is 0 Å². The first-order valence-corrected chi connectivity index (χ1v) is 4.30. The zero-order valence-corrected chi connectivity index (χ0v) is 7.96. The summed E-state index contributed by atoms with van der Waals surface area (Å²) in [5, 5.41) is 0. The molecule has 12 heavy (non-hydrogen) atoms. The number of hydrogen-bond acceptors (Lipinski definition) is 1. The molecule has 1 nitrogen and oxygen atoms in total. The fourth-order valence-corrected chi connectivity index (χ4v) is 1.15. The topological polar surface area (TPSA) is 12.4 Å². The van der Waals surface area contributed by atoms with Crippen molar-refractivity contribution in [1.29, 1.82) is 0 Å². The fraction of sp³-hybridized carbons (Fsp3) is 0.364. The summed E-state index contributed by atoms with van der Waals surface area (Å²) in [6.07, 6.45) is 1.09. The fourth-order valence-electron chi connectivity index (χ4n) is 1.15. The zero-order chi connectivity index (χ0) is 8.97. The molecule has 1 aromatic carbocycles. The van der Waals surface area contributed by atoms with E-state index in [2.05, 4.69) is 36.2 Å². The van der Waals surface area contributed by atoms with Gasteiger partial charge in [-0.05, 0) is 30.5 Å². The van der Waals surface area contributed by atoms with Gasteiger partial charge in [0.05, 0.1) is 0 Å². The first kappa shape index (κ1) is 8.98. The Hall–Kier alpha value is -1.11. The SMILES string of the molecule is CCc1cccc(C(C)=NC)c1. The highest BCUT2D eigenvalue weighted by Gasteiger charge is 1.95.